The molecular formula is C8H4BrF3N2. The molecule has 0 amide bonds. The zero-order valence-corrected chi connectivity index (χ0v) is 8.35. The van der Waals surface area contributed by atoms with Crippen molar-refractivity contribution in [1.82, 2.24) is 4.98 Å². The molecule has 0 atom stereocenters. The third-order valence-corrected chi connectivity index (χ3v) is 2.16. The standard InChI is InChI=1S/C8H4BrF3N2/c9-7-6(8(11)12)4(1-2-13)3-5(10)14-7/h3,8H,1H2. The molecular weight excluding hydrogens is 261 g/mol. The van der Waals surface area contributed by atoms with Crippen LogP contribution in [0.5, 0.6) is 0 Å². The predicted molar refractivity (Wildman–Crippen MR) is 46.2 cm³/mol. The monoisotopic (exact) mass is 264 g/mol. The molecule has 2 nitrogen and oxygen atoms in total. The van der Waals surface area contributed by atoms with Gasteiger partial charge in [0.25, 0.3) is 6.43 Å². The van der Waals surface area contributed by atoms with Gasteiger partial charge in [0, 0.05) is 0 Å². The van der Waals surface area contributed by atoms with E-state index in [1.165, 1.54) is 0 Å². The Labute approximate surface area is 86.5 Å². The van der Waals surface area contributed by atoms with Gasteiger partial charge in [0.05, 0.1) is 18.1 Å². The quantitative estimate of drug-likeness (QED) is 0.771. The Balaban J connectivity index is 3.30. The van der Waals surface area contributed by atoms with Gasteiger partial charge in [-0.1, -0.05) is 0 Å². The number of pyridine rings is 1. The van der Waals surface area contributed by atoms with E-state index in [1.54, 1.807) is 6.07 Å². The molecule has 1 heterocycles. The molecule has 74 valence electrons. The Morgan fingerprint density at radius 2 is 2.21 bits per heavy atom. The van der Waals surface area contributed by atoms with Crippen molar-refractivity contribution in [3.63, 3.8) is 0 Å². The molecule has 0 radical (unpaired) electrons. The van der Waals surface area contributed by atoms with Crippen LogP contribution in [0, 0.1) is 17.3 Å². The second-order valence-electron chi connectivity index (χ2n) is 2.44. The Bertz CT molecular complexity index is 387. The summed E-state index contributed by atoms with van der Waals surface area (Å²) in [6, 6.07) is 2.53. The van der Waals surface area contributed by atoms with E-state index in [9.17, 15) is 13.2 Å². The van der Waals surface area contributed by atoms with Gasteiger partial charge in [0.15, 0.2) is 0 Å². The highest BCUT2D eigenvalue weighted by Gasteiger charge is 2.19. The van der Waals surface area contributed by atoms with Crippen LogP contribution >= 0.6 is 15.9 Å². The molecule has 0 saturated carbocycles. The van der Waals surface area contributed by atoms with Crippen LogP contribution in [-0.2, 0) is 6.42 Å². The predicted octanol–water partition coefficient (Wildman–Crippen LogP) is 2.99. The number of halogens is 4. The summed E-state index contributed by atoms with van der Waals surface area (Å²) in [5.74, 6) is -0.883. The first kappa shape index (κ1) is 11.0. The lowest BCUT2D eigenvalue weighted by atomic mass is 10.1. The van der Waals surface area contributed by atoms with E-state index < -0.39 is 17.9 Å². The molecule has 0 aliphatic carbocycles. The SMILES string of the molecule is N#CCc1cc(F)nc(Br)c1C(F)F. The Morgan fingerprint density at radius 3 is 2.71 bits per heavy atom. The number of aromatic nitrogens is 1. The van der Waals surface area contributed by atoms with Crippen molar-refractivity contribution in [1.29, 1.82) is 5.26 Å². The van der Waals surface area contributed by atoms with Gasteiger partial charge < -0.3 is 0 Å². The minimum Gasteiger partial charge on any atom is -0.212 e. The molecule has 0 N–H and O–H groups in total. The Hall–Kier alpha value is -1.09. The van der Waals surface area contributed by atoms with E-state index in [0.717, 1.165) is 6.07 Å². The van der Waals surface area contributed by atoms with E-state index in [0.29, 0.717) is 0 Å². The van der Waals surface area contributed by atoms with Crippen molar-refractivity contribution in [2.45, 2.75) is 12.8 Å². The summed E-state index contributed by atoms with van der Waals surface area (Å²) in [7, 11) is 0. The van der Waals surface area contributed by atoms with Crippen LogP contribution in [0.2, 0.25) is 0 Å². The summed E-state index contributed by atoms with van der Waals surface area (Å²) < 4.78 is 37.3. The van der Waals surface area contributed by atoms with Crippen LogP contribution in [0.15, 0.2) is 10.7 Å². The lowest BCUT2D eigenvalue weighted by Gasteiger charge is -2.07. The van der Waals surface area contributed by atoms with E-state index >= 15 is 0 Å². The average molecular weight is 265 g/mol. The van der Waals surface area contributed by atoms with Gasteiger partial charge in [-0.15, -0.1) is 0 Å². The molecule has 1 aromatic heterocycles. The van der Waals surface area contributed by atoms with Gasteiger partial charge in [-0.25, -0.2) is 13.8 Å². The summed E-state index contributed by atoms with van der Waals surface area (Å²) in [5, 5.41) is 8.35. The number of nitriles is 1. The molecule has 6 heteroatoms. The maximum absolute atomic E-state index is 12.7. The molecule has 0 aliphatic heterocycles. The highest BCUT2D eigenvalue weighted by Crippen LogP contribution is 2.29. The largest absolute Gasteiger partial charge is 0.266 e. The van der Waals surface area contributed by atoms with Crippen LogP contribution in [0.3, 0.4) is 0 Å². The number of alkyl halides is 2. The van der Waals surface area contributed by atoms with E-state index in [-0.39, 0.29) is 16.6 Å². The second-order valence-corrected chi connectivity index (χ2v) is 3.20. The van der Waals surface area contributed by atoms with E-state index in [1.807, 2.05) is 0 Å². The molecule has 0 aliphatic rings. The van der Waals surface area contributed by atoms with Crippen LogP contribution < -0.4 is 0 Å². The number of rotatable bonds is 2. The zero-order chi connectivity index (χ0) is 10.7. The summed E-state index contributed by atoms with van der Waals surface area (Å²) >= 11 is 2.73. The fraction of sp³-hybridized carbons (Fsp3) is 0.250. The number of nitrogens with zero attached hydrogens (tertiary/aromatic N) is 2. The topological polar surface area (TPSA) is 36.7 Å². The third-order valence-electron chi connectivity index (χ3n) is 1.55. The first-order chi connectivity index (χ1) is 6.56. The minimum absolute atomic E-state index is 0.0399. The van der Waals surface area contributed by atoms with Gasteiger partial charge in [-0.2, -0.15) is 9.65 Å². The fourth-order valence-electron chi connectivity index (χ4n) is 1.00. The maximum Gasteiger partial charge on any atom is 0.266 e. The number of hydrogen-bond acceptors (Lipinski definition) is 2. The van der Waals surface area contributed by atoms with Gasteiger partial charge >= 0.3 is 0 Å². The highest BCUT2D eigenvalue weighted by molar-refractivity contribution is 9.10. The molecule has 0 fully saturated rings. The smallest absolute Gasteiger partial charge is 0.212 e. The highest BCUT2D eigenvalue weighted by atomic mass is 79.9. The molecule has 1 rings (SSSR count). The van der Waals surface area contributed by atoms with E-state index in [4.69, 9.17) is 5.26 Å². The summed E-state index contributed by atoms with van der Waals surface area (Å²) in [5.41, 5.74) is -0.463. The van der Waals surface area contributed by atoms with Gasteiger partial charge in [0.2, 0.25) is 5.95 Å². The zero-order valence-electron chi connectivity index (χ0n) is 6.77. The second kappa shape index (κ2) is 4.42. The molecule has 0 saturated heterocycles. The van der Waals surface area contributed by atoms with Crippen molar-refractivity contribution < 1.29 is 13.2 Å². The Kier molecular flexibility index (Phi) is 3.47. The maximum atomic E-state index is 12.7. The molecule has 0 aromatic carbocycles. The lowest BCUT2D eigenvalue weighted by Crippen LogP contribution is -2.00. The van der Waals surface area contributed by atoms with Crippen molar-refractivity contribution in [3.05, 3.63) is 27.7 Å². The first-order valence-corrected chi connectivity index (χ1v) is 4.35. The van der Waals surface area contributed by atoms with Crippen molar-refractivity contribution in [3.8, 4) is 6.07 Å². The number of hydrogen-bond donors (Lipinski definition) is 0. The van der Waals surface area contributed by atoms with Crippen molar-refractivity contribution in [2.24, 2.45) is 0 Å². The third kappa shape index (κ3) is 2.23. The van der Waals surface area contributed by atoms with Crippen molar-refractivity contribution in [2.75, 3.05) is 0 Å². The van der Waals surface area contributed by atoms with Gasteiger partial charge in [0.1, 0.15) is 4.60 Å². The van der Waals surface area contributed by atoms with Gasteiger partial charge in [-0.3, -0.25) is 0 Å². The average Bonchev–Trinajstić information content (AvgIpc) is 2.01. The summed E-state index contributed by atoms with van der Waals surface area (Å²) in [6.07, 6.45) is -3.04. The normalized spacial score (nSPS) is 10.3. The molecule has 14 heavy (non-hydrogen) atoms. The lowest BCUT2D eigenvalue weighted by molar-refractivity contribution is 0.148. The first-order valence-electron chi connectivity index (χ1n) is 3.56. The summed E-state index contributed by atoms with van der Waals surface area (Å²) in [4.78, 5) is 3.20. The fourth-order valence-corrected chi connectivity index (χ4v) is 1.60. The van der Waals surface area contributed by atoms with Crippen LogP contribution in [0.4, 0.5) is 13.2 Å². The molecule has 0 bridgehead atoms. The van der Waals surface area contributed by atoms with E-state index in [2.05, 4.69) is 20.9 Å². The molecule has 0 spiro atoms. The molecule has 0 unspecified atom stereocenters. The molecule has 1 aromatic rings. The van der Waals surface area contributed by atoms with Crippen molar-refractivity contribution >= 4 is 15.9 Å². The van der Waals surface area contributed by atoms with Crippen LogP contribution in [0.1, 0.15) is 17.6 Å². The van der Waals surface area contributed by atoms with Gasteiger partial charge in [-0.05, 0) is 27.6 Å². The minimum atomic E-state index is -2.78. The Morgan fingerprint density at radius 1 is 1.57 bits per heavy atom. The van der Waals surface area contributed by atoms with Crippen LogP contribution in [-0.4, -0.2) is 4.98 Å². The van der Waals surface area contributed by atoms with Crippen LogP contribution in [0.25, 0.3) is 0 Å². The summed E-state index contributed by atoms with van der Waals surface area (Å²) in [6.45, 7) is 0.